The number of carbonyl (C=O) groups excluding carboxylic acids is 1. The van der Waals surface area contributed by atoms with E-state index in [1.54, 1.807) is 0 Å². The van der Waals surface area contributed by atoms with Gasteiger partial charge < -0.3 is 0 Å². The molecule has 0 saturated heterocycles. The number of amides is 1. The maximum Gasteiger partial charge on any atom is 0.265 e. The molecule has 1 rings (SSSR count). The summed E-state index contributed by atoms with van der Waals surface area (Å²) in [6, 6.07) is 8.17. The first-order chi connectivity index (χ1) is 10.3. The SMILES string of the molecule is CCCCC(N(C)NC(=O)c1ccc(CC)cc1)C(C)(C)C. The van der Waals surface area contributed by atoms with E-state index in [2.05, 4.69) is 40.0 Å². The molecule has 0 aliphatic heterocycles. The Morgan fingerprint density at radius 2 is 1.77 bits per heavy atom. The highest BCUT2D eigenvalue weighted by atomic mass is 16.2. The van der Waals surface area contributed by atoms with Gasteiger partial charge in [0.15, 0.2) is 0 Å². The standard InChI is InChI=1S/C19H32N2O/c1-7-9-10-17(19(3,4)5)21(6)20-18(22)16-13-11-15(8-2)12-14-16/h11-14,17H,7-10H2,1-6H3,(H,20,22). The number of benzene rings is 1. The number of hydrogen-bond donors (Lipinski definition) is 1. The summed E-state index contributed by atoms with van der Waals surface area (Å²) in [5, 5.41) is 1.99. The lowest BCUT2D eigenvalue weighted by atomic mass is 9.83. The van der Waals surface area contributed by atoms with E-state index in [0.717, 1.165) is 12.8 Å². The van der Waals surface area contributed by atoms with Crippen LogP contribution in [0, 0.1) is 5.41 Å². The zero-order chi connectivity index (χ0) is 16.8. The minimum absolute atomic E-state index is 0.0316. The van der Waals surface area contributed by atoms with Gasteiger partial charge in [-0.1, -0.05) is 59.6 Å². The van der Waals surface area contributed by atoms with Crippen LogP contribution in [0.2, 0.25) is 0 Å². The number of nitrogens with one attached hydrogen (secondary N) is 1. The minimum atomic E-state index is -0.0316. The van der Waals surface area contributed by atoms with Crippen LogP contribution in [-0.2, 0) is 6.42 Å². The first-order valence-corrected chi connectivity index (χ1v) is 8.42. The zero-order valence-corrected chi connectivity index (χ0v) is 15.1. The fourth-order valence-corrected chi connectivity index (χ4v) is 2.80. The first-order valence-electron chi connectivity index (χ1n) is 8.42. The highest BCUT2D eigenvalue weighted by molar-refractivity contribution is 5.93. The molecule has 0 aliphatic rings. The van der Waals surface area contributed by atoms with Gasteiger partial charge in [-0.15, -0.1) is 0 Å². The molecule has 0 aromatic heterocycles. The van der Waals surface area contributed by atoms with Gasteiger partial charge in [-0.3, -0.25) is 10.2 Å². The Labute approximate surface area is 136 Å². The highest BCUT2D eigenvalue weighted by Crippen LogP contribution is 2.26. The number of unbranched alkanes of at least 4 members (excludes halogenated alkanes) is 1. The Balaban J connectivity index is 2.74. The fraction of sp³-hybridized carbons (Fsp3) is 0.632. The number of rotatable bonds is 7. The predicted molar refractivity (Wildman–Crippen MR) is 93.8 cm³/mol. The van der Waals surface area contributed by atoms with Crippen LogP contribution < -0.4 is 5.43 Å². The van der Waals surface area contributed by atoms with Gasteiger partial charge in [-0.05, 0) is 36.0 Å². The average Bonchev–Trinajstić information content (AvgIpc) is 2.46. The molecule has 1 aromatic carbocycles. The van der Waals surface area contributed by atoms with E-state index in [1.807, 2.05) is 36.3 Å². The van der Waals surface area contributed by atoms with Crippen LogP contribution in [0.4, 0.5) is 0 Å². The van der Waals surface area contributed by atoms with Gasteiger partial charge in [-0.25, -0.2) is 5.01 Å². The van der Waals surface area contributed by atoms with Crippen molar-refractivity contribution in [3.8, 4) is 0 Å². The van der Waals surface area contributed by atoms with Gasteiger partial charge in [0.25, 0.3) is 5.91 Å². The summed E-state index contributed by atoms with van der Waals surface area (Å²) in [6.45, 7) is 11.0. The Morgan fingerprint density at radius 3 is 2.23 bits per heavy atom. The smallest absolute Gasteiger partial charge is 0.265 e. The second-order valence-electron chi connectivity index (χ2n) is 7.13. The van der Waals surface area contributed by atoms with Crippen molar-refractivity contribution >= 4 is 5.91 Å². The van der Waals surface area contributed by atoms with E-state index in [4.69, 9.17) is 0 Å². The van der Waals surface area contributed by atoms with Crippen molar-refractivity contribution in [1.29, 1.82) is 0 Å². The fourth-order valence-electron chi connectivity index (χ4n) is 2.80. The van der Waals surface area contributed by atoms with Gasteiger partial charge in [0.1, 0.15) is 0 Å². The molecule has 3 nitrogen and oxygen atoms in total. The minimum Gasteiger partial charge on any atom is -0.285 e. The van der Waals surface area contributed by atoms with E-state index < -0.39 is 0 Å². The van der Waals surface area contributed by atoms with Crippen molar-refractivity contribution in [2.75, 3.05) is 7.05 Å². The molecule has 0 heterocycles. The summed E-state index contributed by atoms with van der Waals surface area (Å²) in [6.07, 6.45) is 4.43. The van der Waals surface area contributed by atoms with Crippen molar-refractivity contribution in [3.05, 3.63) is 35.4 Å². The molecule has 1 N–H and O–H groups in total. The molecule has 0 aliphatic carbocycles. The molecule has 1 amide bonds. The quantitative estimate of drug-likeness (QED) is 0.756. The van der Waals surface area contributed by atoms with E-state index in [1.165, 1.54) is 18.4 Å². The summed E-state index contributed by atoms with van der Waals surface area (Å²) in [5.41, 5.74) is 5.14. The Bertz CT molecular complexity index is 459. The predicted octanol–water partition coefficient (Wildman–Crippen LogP) is 4.43. The molecule has 0 bridgehead atoms. The molecule has 0 radical (unpaired) electrons. The van der Waals surface area contributed by atoms with E-state index in [0.29, 0.717) is 11.6 Å². The van der Waals surface area contributed by atoms with E-state index in [-0.39, 0.29) is 11.3 Å². The maximum absolute atomic E-state index is 12.4. The number of hydrogen-bond acceptors (Lipinski definition) is 2. The third-order valence-corrected chi connectivity index (χ3v) is 4.20. The molecule has 1 atom stereocenters. The van der Waals surface area contributed by atoms with Gasteiger partial charge in [-0.2, -0.15) is 0 Å². The molecule has 124 valence electrons. The number of nitrogens with zero attached hydrogens (tertiary/aromatic N) is 1. The van der Waals surface area contributed by atoms with E-state index in [9.17, 15) is 4.79 Å². The highest BCUT2D eigenvalue weighted by Gasteiger charge is 2.28. The van der Waals surface area contributed by atoms with Crippen LogP contribution in [0.5, 0.6) is 0 Å². The van der Waals surface area contributed by atoms with Crippen LogP contribution in [0.3, 0.4) is 0 Å². The largest absolute Gasteiger partial charge is 0.285 e. The second kappa shape index (κ2) is 8.33. The molecule has 1 aromatic rings. The molecule has 1 unspecified atom stereocenters. The lowest BCUT2D eigenvalue weighted by Gasteiger charge is -2.38. The molecular formula is C19H32N2O. The Kier molecular flexibility index (Phi) is 7.08. The Morgan fingerprint density at radius 1 is 1.18 bits per heavy atom. The summed E-state index contributed by atoms with van der Waals surface area (Å²) >= 11 is 0. The maximum atomic E-state index is 12.4. The summed E-state index contributed by atoms with van der Waals surface area (Å²) in [4.78, 5) is 12.4. The van der Waals surface area contributed by atoms with Crippen molar-refractivity contribution in [2.24, 2.45) is 5.41 Å². The molecular weight excluding hydrogens is 272 g/mol. The monoisotopic (exact) mass is 304 g/mol. The second-order valence-corrected chi connectivity index (χ2v) is 7.13. The van der Waals surface area contributed by atoms with Crippen LogP contribution in [0.1, 0.15) is 69.8 Å². The first kappa shape index (κ1) is 18.7. The summed E-state index contributed by atoms with van der Waals surface area (Å²) in [7, 11) is 1.98. The van der Waals surface area contributed by atoms with Gasteiger partial charge >= 0.3 is 0 Å². The topological polar surface area (TPSA) is 32.3 Å². The lowest BCUT2D eigenvalue weighted by molar-refractivity contribution is 0.0516. The van der Waals surface area contributed by atoms with Crippen molar-refractivity contribution in [1.82, 2.24) is 10.4 Å². The lowest BCUT2D eigenvalue weighted by Crippen LogP contribution is -2.51. The van der Waals surface area contributed by atoms with Crippen LogP contribution in [-0.4, -0.2) is 24.0 Å². The number of hydrazine groups is 1. The molecule has 22 heavy (non-hydrogen) atoms. The molecule has 0 saturated carbocycles. The molecule has 0 fully saturated rings. The van der Waals surface area contributed by atoms with Crippen molar-refractivity contribution < 1.29 is 4.79 Å². The normalized spacial score (nSPS) is 13.2. The Hall–Kier alpha value is -1.35. The summed E-state index contributed by atoms with van der Waals surface area (Å²) in [5.74, 6) is -0.0316. The number of carbonyl (C=O) groups is 1. The van der Waals surface area contributed by atoms with Crippen molar-refractivity contribution in [3.63, 3.8) is 0 Å². The summed E-state index contributed by atoms with van der Waals surface area (Å²) < 4.78 is 0. The van der Waals surface area contributed by atoms with Crippen LogP contribution in [0.25, 0.3) is 0 Å². The molecule has 0 spiro atoms. The van der Waals surface area contributed by atoms with E-state index >= 15 is 0 Å². The average molecular weight is 304 g/mol. The third kappa shape index (κ3) is 5.45. The molecule has 3 heteroatoms. The van der Waals surface area contributed by atoms with Crippen molar-refractivity contribution in [2.45, 2.75) is 66.3 Å². The van der Waals surface area contributed by atoms with Crippen LogP contribution >= 0.6 is 0 Å². The number of aryl methyl sites for hydroxylation is 1. The van der Waals surface area contributed by atoms with Gasteiger partial charge in [0.2, 0.25) is 0 Å². The van der Waals surface area contributed by atoms with Crippen LogP contribution in [0.15, 0.2) is 24.3 Å². The third-order valence-electron chi connectivity index (χ3n) is 4.20. The zero-order valence-electron chi connectivity index (χ0n) is 15.1. The van der Waals surface area contributed by atoms with Gasteiger partial charge in [0.05, 0.1) is 0 Å². The van der Waals surface area contributed by atoms with Gasteiger partial charge in [0, 0.05) is 18.7 Å².